The Balaban J connectivity index is 1.71. The zero-order valence-corrected chi connectivity index (χ0v) is 13.9. The molecule has 126 valence electrons. The predicted octanol–water partition coefficient (Wildman–Crippen LogP) is 2.54. The molecule has 3 aromatic rings. The first-order valence-corrected chi connectivity index (χ1v) is 7.61. The lowest BCUT2D eigenvalue weighted by atomic mass is 10.2. The summed E-state index contributed by atoms with van der Waals surface area (Å²) in [5, 5.41) is 14.2. The van der Waals surface area contributed by atoms with Crippen LogP contribution in [0.15, 0.2) is 54.6 Å². The number of carbonyl (C=O) groups excluding carboxylic acids is 1. The fourth-order valence-electron chi connectivity index (χ4n) is 2.31. The molecular weight excluding hydrogens is 318 g/mol. The summed E-state index contributed by atoms with van der Waals surface area (Å²) in [6.07, 6.45) is 3.21. The summed E-state index contributed by atoms with van der Waals surface area (Å²) in [5.74, 6) is 1.15. The molecule has 2 aromatic carbocycles. The molecule has 0 spiro atoms. The Morgan fingerprint density at radius 3 is 2.80 bits per heavy atom. The quantitative estimate of drug-likeness (QED) is 0.725. The van der Waals surface area contributed by atoms with Gasteiger partial charge in [-0.15, -0.1) is 5.10 Å². The average molecular weight is 335 g/mol. The third-order valence-electron chi connectivity index (χ3n) is 3.53. The Labute approximate surface area is 144 Å². The van der Waals surface area contributed by atoms with Crippen LogP contribution in [-0.2, 0) is 11.8 Å². The molecule has 1 heterocycles. The van der Waals surface area contributed by atoms with E-state index >= 15 is 0 Å². The number of methoxy groups -OCH3 is 1. The second-order valence-electron chi connectivity index (χ2n) is 5.31. The van der Waals surface area contributed by atoms with Gasteiger partial charge < -0.3 is 10.1 Å². The molecule has 0 bridgehead atoms. The number of ether oxygens (including phenoxy) is 1. The summed E-state index contributed by atoms with van der Waals surface area (Å²) in [6.45, 7) is 0. The Morgan fingerprint density at radius 2 is 2.04 bits per heavy atom. The van der Waals surface area contributed by atoms with Crippen LogP contribution < -0.4 is 10.1 Å². The summed E-state index contributed by atoms with van der Waals surface area (Å²) in [7, 11) is 3.37. The smallest absolute Gasteiger partial charge is 0.248 e. The normalized spacial score (nSPS) is 10.8. The Kier molecular flexibility index (Phi) is 4.84. The maximum Gasteiger partial charge on any atom is 0.248 e. The van der Waals surface area contributed by atoms with Crippen LogP contribution in [-0.4, -0.2) is 33.2 Å². The Bertz CT molecular complexity index is 917. The summed E-state index contributed by atoms with van der Waals surface area (Å²) < 4.78 is 6.74. The highest BCUT2D eigenvalue weighted by atomic mass is 16.5. The molecule has 7 nitrogen and oxygen atoms in total. The molecule has 0 saturated carbocycles. The van der Waals surface area contributed by atoms with Crippen LogP contribution in [0.2, 0.25) is 0 Å². The fraction of sp³-hybridized carbons (Fsp3) is 0.111. The van der Waals surface area contributed by atoms with Gasteiger partial charge >= 0.3 is 0 Å². The van der Waals surface area contributed by atoms with Crippen molar-refractivity contribution < 1.29 is 9.53 Å². The van der Waals surface area contributed by atoms with Crippen molar-refractivity contribution in [1.82, 2.24) is 20.2 Å². The van der Waals surface area contributed by atoms with Crippen molar-refractivity contribution in [1.29, 1.82) is 0 Å². The first kappa shape index (κ1) is 16.4. The topological polar surface area (TPSA) is 81.9 Å². The summed E-state index contributed by atoms with van der Waals surface area (Å²) in [5.41, 5.74) is 2.37. The second kappa shape index (κ2) is 7.39. The number of carbonyl (C=O) groups is 1. The van der Waals surface area contributed by atoms with Crippen molar-refractivity contribution in [2.24, 2.45) is 7.05 Å². The van der Waals surface area contributed by atoms with E-state index in [2.05, 4.69) is 20.8 Å². The molecule has 1 amide bonds. The van der Waals surface area contributed by atoms with Crippen LogP contribution in [0.4, 0.5) is 5.69 Å². The third-order valence-corrected chi connectivity index (χ3v) is 3.53. The number of benzene rings is 2. The maximum absolute atomic E-state index is 12.1. The van der Waals surface area contributed by atoms with Crippen molar-refractivity contribution in [2.45, 2.75) is 0 Å². The molecule has 0 aliphatic heterocycles. The highest BCUT2D eigenvalue weighted by molar-refractivity contribution is 6.02. The van der Waals surface area contributed by atoms with Gasteiger partial charge in [-0.1, -0.05) is 24.3 Å². The highest BCUT2D eigenvalue weighted by Crippen LogP contribution is 2.19. The minimum Gasteiger partial charge on any atom is -0.497 e. The molecule has 0 aliphatic carbocycles. The largest absolute Gasteiger partial charge is 0.497 e. The van der Waals surface area contributed by atoms with E-state index in [1.807, 2.05) is 48.5 Å². The van der Waals surface area contributed by atoms with Crippen LogP contribution in [0.1, 0.15) is 5.56 Å². The van der Waals surface area contributed by atoms with Gasteiger partial charge in [-0.25, -0.2) is 4.68 Å². The zero-order chi connectivity index (χ0) is 17.6. The van der Waals surface area contributed by atoms with Crippen molar-refractivity contribution in [3.05, 3.63) is 60.2 Å². The lowest BCUT2D eigenvalue weighted by Gasteiger charge is -2.05. The van der Waals surface area contributed by atoms with Gasteiger partial charge in [0.15, 0.2) is 5.82 Å². The molecule has 3 rings (SSSR count). The van der Waals surface area contributed by atoms with E-state index < -0.39 is 0 Å². The third kappa shape index (κ3) is 4.08. The Hall–Kier alpha value is -3.48. The highest BCUT2D eigenvalue weighted by Gasteiger charge is 2.07. The van der Waals surface area contributed by atoms with E-state index in [1.165, 1.54) is 6.08 Å². The number of tetrazole rings is 1. The number of rotatable bonds is 5. The summed E-state index contributed by atoms with van der Waals surface area (Å²) >= 11 is 0. The Morgan fingerprint density at radius 1 is 1.20 bits per heavy atom. The lowest BCUT2D eigenvalue weighted by Crippen LogP contribution is -2.07. The molecule has 1 N–H and O–H groups in total. The van der Waals surface area contributed by atoms with Gasteiger partial charge in [0.25, 0.3) is 0 Å². The fourth-order valence-corrected chi connectivity index (χ4v) is 2.31. The van der Waals surface area contributed by atoms with Gasteiger partial charge in [0.2, 0.25) is 5.91 Å². The van der Waals surface area contributed by atoms with Gasteiger partial charge in [0.05, 0.1) is 7.11 Å². The number of anilines is 1. The first-order valence-electron chi connectivity index (χ1n) is 7.61. The number of hydrogen-bond donors (Lipinski definition) is 1. The van der Waals surface area contributed by atoms with Gasteiger partial charge in [-0.3, -0.25) is 4.79 Å². The monoisotopic (exact) mass is 335 g/mol. The molecule has 7 heteroatoms. The number of aryl methyl sites for hydroxylation is 1. The minimum atomic E-state index is -0.226. The molecule has 25 heavy (non-hydrogen) atoms. The maximum atomic E-state index is 12.1. The van der Waals surface area contributed by atoms with E-state index in [0.29, 0.717) is 11.5 Å². The molecular formula is C18H17N5O2. The second-order valence-corrected chi connectivity index (χ2v) is 5.31. The number of amides is 1. The molecule has 0 unspecified atom stereocenters. The number of nitrogens with one attached hydrogen (secondary N) is 1. The van der Waals surface area contributed by atoms with Crippen LogP contribution in [0, 0.1) is 0 Å². The van der Waals surface area contributed by atoms with Crippen molar-refractivity contribution >= 4 is 17.7 Å². The SMILES string of the molecule is COc1cccc(/C=C/C(=O)Nc2cccc(-c3nnnn3C)c2)c1. The molecule has 0 fully saturated rings. The summed E-state index contributed by atoms with van der Waals surface area (Å²) in [4.78, 5) is 12.1. The number of aromatic nitrogens is 4. The molecule has 0 saturated heterocycles. The van der Waals surface area contributed by atoms with Crippen LogP contribution in [0.5, 0.6) is 5.75 Å². The van der Waals surface area contributed by atoms with E-state index in [0.717, 1.165) is 16.9 Å². The van der Waals surface area contributed by atoms with Gasteiger partial charge in [-0.05, 0) is 46.3 Å². The molecule has 1 aromatic heterocycles. The van der Waals surface area contributed by atoms with E-state index in [1.54, 1.807) is 24.9 Å². The van der Waals surface area contributed by atoms with Crippen LogP contribution in [0.3, 0.4) is 0 Å². The van der Waals surface area contributed by atoms with E-state index in [9.17, 15) is 4.79 Å². The molecule has 0 aliphatic rings. The number of nitrogens with zero attached hydrogens (tertiary/aromatic N) is 4. The van der Waals surface area contributed by atoms with Gasteiger partial charge in [0.1, 0.15) is 5.75 Å². The van der Waals surface area contributed by atoms with Crippen molar-refractivity contribution in [3.8, 4) is 17.1 Å². The summed E-state index contributed by atoms with van der Waals surface area (Å²) in [6, 6.07) is 14.8. The van der Waals surface area contributed by atoms with Gasteiger partial charge in [-0.2, -0.15) is 0 Å². The molecule has 0 atom stereocenters. The van der Waals surface area contributed by atoms with Gasteiger partial charge in [0, 0.05) is 24.4 Å². The first-order chi connectivity index (χ1) is 12.2. The molecule has 0 radical (unpaired) electrons. The predicted molar refractivity (Wildman–Crippen MR) is 94.9 cm³/mol. The van der Waals surface area contributed by atoms with E-state index in [4.69, 9.17) is 4.74 Å². The van der Waals surface area contributed by atoms with Crippen molar-refractivity contribution in [2.75, 3.05) is 12.4 Å². The average Bonchev–Trinajstić information content (AvgIpc) is 3.06. The van der Waals surface area contributed by atoms with Crippen LogP contribution in [0.25, 0.3) is 17.5 Å². The lowest BCUT2D eigenvalue weighted by molar-refractivity contribution is -0.111. The zero-order valence-electron chi connectivity index (χ0n) is 13.9. The standard InChI is InChI=1S/C18H17N5O2/c1-23-18(20-21-22-23)14-6-4-7-15(12-14)19-17(24)10-9-13-5-3-8-16(11-13)25-2/h3-12H,1-2H3,(H,19,24)/b10-9+. The number of hydrogen-bond acceptors (Lipinski definition) is 5. The minimum absolute atomic E-state index is 0.226. The van der Waals surface area contributed by atoms with Crippen molar-refractivity contribution in [3.63, 3.8) is 0 Å². The van der Waals surface area contributed by atoms with Crippen LogP contribution >= 0.6 is 0 Å². The van der Waals surface area contributed by atoms with E-state index in [-0.39, 0.29) is 5.91 Å².